The molecular formula is C33H23FN2S. The standard InChI is InChI=1S/C33H23FN2S/c1-20-14-26(15-21(2)32(20)22-8-4-3-5-9-22)36-30-11-7-6-10-29(30)35-33(36)28-19-37-31-18-23-12-13-25(34)16-24(23)17-27(28)31/h3-19H,1-2H3. The van der Waals surface area contributed by atoms with Gasteiger partial charge in [-0.3, -0.25) is 4.57 Å². The summed E-state index contributed by atoms with van der Waals surface area (Å²) in [5.74, 6) is 0.676. The Labute approximate surface area is 218 Å². The Kier molecular flexibility index (Phi) is 4.98. The van der Waals surface area contributed by atoms with Crippen LogP contribution in [0.25, 0.3) is 60.1 Å². The van der Waals surface area contributed by atoms with Crippen molar-refractivity contribution in [2.24, 2.45) is 0 Å². The molecule has 178 valence electrons. The molecule has 2 heterocycles. The number of aryl methyl sites for hydroxylation is 2. The molecule has 4 heteroatoms. The average molecular weight is 499 g/mol. The van der Waals surface area contributed by atoms with Crippen molar-refractivity contribution in [2.45, 2.75) is 13.8 Å². The van der Waals surface area contributed by atoms with Crippen LogP contribution < -0.4 is 0 Å². The molecule has 5 aromatic carbocycles. The Balaban J connectivity index is 1.49. The van der Waals surface area contributed by atoms with E-state index in [4.69, 9.17) is 4.98 Å². The second-order valence-corrected chi connectivity index (χ2v) is 10.5. The fourth-order valence-electron chi connectivity index (χ4n) is 5.51. The predicted octanol–water partition coefficient (Wildman–Crippen LogP) is 9.48. The molecule has 0 aliphatic heterocycles. The zero-order chi connectivity index (χ0) is 25.1. The fourth-order valence-corrected chi connectivity index (χ4v) is 6.48. The number of thiophene rings is 1. The molecule has 0 saturated carbocycles. The van der Waals surface area contributed by atoms with Crippen molar-refractivity contribution in [1.82, 2.24) is 9.55 Å². The zero-order valence-corrected chi connectivity index (χ0v) is 21.3. The van der Waals surface area contributed by atoms with Crippen molar-refractivity contribution >= 4 is 43.2 Å². The third kappa shape index (κ3) is 3.56. The van der Waals surface area contributed by atoms with E-state index in [0.717, 1.165) is 44.3 Å². The number of benzene rings is 5. The average Bonchev–Trinajstić information content (AvgIpc) is 3.48. The molecule has 2 nitrogen and oxygen atoms in total. The van der Waals surface area contributed by atoms with Gasteiger partial charge in [-0.2, -0.15) is 0 Å². The van der Waals surface area contributed by atoms with Crippen LogP contribution in [0.4, 0.5) is 4.39 Å². The summed E-state index contributed by atoms with van der Waals surface area (Å²) in [4.78, 5) is 5.11. The summed E-state index contributed by atoms with van der Waals surface area (Å²) in [5.41, 5.74) is 9.10. The summed E-state index contributed by atoms with van der Waals surface area (Å²) >= 11 is 1.70. The maximum atomic E-state index is 14.0. The molecule has 0 amide bonds. The molecule has 2 aromatic heterocycles. The highest BCUT2D eigenvalue weighted by atomic mass is 32.1. The van der Waals surface area contributed by atoms with Gasteiger partial charge < -0.3 is 0 Å². The quantitative estimate of drug-likeness (QED) is 0.237. The van der Waals surface area contributed by atoms with Crippen LogP contribution in [0.15, 0.2) is 102 Å². The van der Waals surface area contributed by atoms with Crippen LogP contribution in [-0.4, -0.2) is 9.55 Å². The molecule has 0 aliphatic carbocycles. The van der Waals surface area contributed by atoms with Crippen LogP contribution in [0.1, 0.15) is 11.1 Å². The maximum absolute atomic E-state index is 14.0. The minimum atomic E-state index is -0.222. The smallest absolute Gasteiger partial charge is 0.147 e. The van der Waals surface area contributed by atoms with E-state index in [1.54, 1.807) is 17.4 Å². The molecule has 7 aromatic rings. The Hall–Kier alpha value is -4.28. The molecule has 0 spiro atoms. The lowest BCUT2D eigenvalue weighted by Gasteiger charge is -2.16. The third-order valence-corrected chi connectivity index (χ3v) is 8.08. The van der Waals surface area contributed by atoms with Crippen LogP contribution in [0, 0.1) is 19.7 Å². The normalized spacial score (nSPS) is 11.6. The van der Waals surface area contributed by atoms with Crippen molar-refractivity contribution in [3.8, 4) is 28.2 Å². The molecule has 0 aliphatic rings. The van der Waals surface area contributed by atoms with Gasteiger partial charge in [0.25, 0.3) is 0 Å². The van der Waals surface area contributed by atoms with Gasteiger partial charge in [-0.1, -0.05) is 48.5 Å². The van der Waals surface area contributed by atoms with Crippen LogP contribution in [-0.2, 0) is 0 Å². The van der Waals surface area contributed by atoms with E-state index >= 15 is 0 Å². The Morgan fingerprint density at radius 1 is 0.757 bits per heavy atom. The largest absolute Gasteiger partial charge is 0.292 e. The van der Waals surface area contributed by atoms with Crippen LogP contribution in [0.3, 0.4) is 0 Å². The summed E-state index contributed by atoms with van der Waals surface area (Å²) in [6.45, 7) is 4.36. The topological polar surface area (TPSA) is 17.8 Å². The van der Waals surface area contributed by atoms with Crippen LogP contribution >= 0.6 is 11.3 Å². The first-order valence-corrected chi connectivity index (χ1v) is 13.2. The highest BCUT2D eigenvalue weighted by molar-refractivity contribution is 7.17. The van der Waals surface area contributed by atoms with Crippen LogP contribution in [0.2, 0.25) is 0 Å². The van der Waals surface area contributed by atoms with Crippen molar-refractivity contribution < 1.29 is 4.39 Å². The van der Waals surface area contributed by atoms with Gasteiger partial charge in [-0.15, -0.1) is 11.3 Å². The van der Waals surface area contributed by atoms with Crippen molar-refractivity contribution in [3.05, 3.63) is 119 Å². The summed E-state index contributed by atoms with van der Waals surface area (Å²) < 4.78 is 17.5. The Morgan fingerprint density at radius 2 is 1.51 bits per heavy atom. The van der Waals surface area contributed by atoms with Gasteiger partial charge in [0.05, 0.1) is 11.0 Å². The molecule has 0 fully saturated rings. The lowest BCUT2D eigenvalue weighted by atomic mass is 9.95. The number of hydrogen-bond acceptors (Lipinski definition) is 2. The lowest BCUT2D eigenvalue weighted by molar-refractivity contribution is 0.630. The SMILES string of the molecule is Cc1cc(-n2c(-c3csc4cc5ccc(F)cc5cc34)nc3ccccc32)cc(C)c1-c1ccccc1. The van der Waals surface area contributed by atoms with Crippen molar-refractivity contribution in [2.75, 3.05) is 0 Å². The van der Waals surface area contributed by atoms with Gasteiger partial charge in [0.15, 0.2) is 0 Å². The highest BCUT2D eigenvalue weighted by Crippen LogP contribution is 2.39. The van der Waals surface area contributed by atoms with E-state index in [1.165, 1.54) is 33.0 Å². The minimum absolute atomic E-state index is 0.222. The number of halogens is 1. The summed E-state index contributed by atoms with van der Waals surface area (Å²) in [5, 5.41) is 5.21. The highest BCUT2D eigenvalue weighted by Gasteiger charge is 2.19. The molecule has 0 bridgehead atoms. The number of nitrogens with zero attached hydrogens (tertiary/aromatic N) is 2. The van der Waals surface area contributed by atoms with Crippen molar-refractivity contribution in [3.63, 3.8) is 0 Å². The van der Waals surface area contributed by atoms with E-state index in [1.807, 2.05) is 12.1 Å². The second-order valence-electron chi connectivity index (χ2n) is 9.57. The molecule has 0 saturated heterocycles. The first kappa shape index (κ1) is 22.0. The number of hydrogen-bond donors (Lipinski definition) is 0. The summed E-state index contributed by atoms with van der Waals surface area (Å²) in [6, 6.07) is 32.6. The number of para-hydroxylation sites is 2. The maximum Gasteiger partial charge on any atom is 0.147 e. The molecule has 0 N–H and O–H groups in total. The van der Waals surface area contributed by atoms with E-state index in [0.29, 0.717) is 0 Å². The van der Waals surface area contributed by atoms with Gasteiger partial charge >= 0.3 is 0 Å². The lowest BCUT2D eigenvalue weighted by Crippen LogP contribution is -2.00. The number of fused-ring (bicyclic) bond motifs is 3. The number of imidazole rings is 1. The van der Waals surface area contributed by atoms with E-state index in [-0.39, 0.29) is 5.82 Å². The van der Waals surface area contributed by atoms with Crippen molar-refractivity contribution in [1.29, 1.82) is 0 Å². The molecule has 0 unspecified atom stereocenters. The van der Waals surface area contributed by atoms with Gasteiger partial charge in [0, 0.05) is 26.7 Å². The van der Waals surface area contributed by atoms with E-state index in [9.17, 15) is 4.39 Å². The summed E-state index contributed by atoms with van der Waals surface area (Å²) in [6.07, 6.45) is 0. The number of rotatable bonds is 3. The predicted molar refractivity (Wildman–Crippen MR) is 154 cm³/mol. The Bertz CT molecular complexity index is 1940. The van der Waals surface area contributed by atoms with Gasteiger partial charge in [0.1, 0.15) is 11.6 Å². The zero-order valence-electron chi connectivity index (χ0n) is 20.5. The molecule has 0 atom stereocenters. The monoisotopic (exact) mass is 498 g/mol. The summed E-state index contributed by atoms with van der Waals surface area (Å²) in [7, 11) is 0. The first-order chi connectivity index (χ1) is 18.1. The van der Waals surface area contributed by atoms with Gasteiger partial charge in [-0.05, 0) is 95.4 Å². The molecule has 0 radical (unpaired) electrons. The molecule has 37 heavy (non-hydrogen) atoms. The minimum Gasteiger partial charge on any atom is -0.292 e. The third-order valence-electron chi connectivity index (χ3n) is 7.13. The van der Waals surface area contributed by atoms with Gasteiger partial charge in [0.2, 0.25) is 0 Å². The Morgan fingerprint density at radius 3 is 2.32 bits per heavy atom. The first-order valence-electron chi connectivity index (χ1n) is 12.3. The fraction of sp³-hybridized carbons (Fsp3) is 0.0606. The van der Waals surface area contributed by atoms with Crippen LogP contribution in [0.5, 0.6) is 0 Å². The number of aromatic nitrogens is 2. The molecule has 7 rings (SSSR count). The van der Waals surface area contributed by atoms with Gasteiger partial charge in [-0.25, -0.2) is 9.37 Å². The molecular weight excluding hydrogens is 475 g/mol. The second kappa shape index (κ2) is 8.39. The van der Waals surface area contributed by atoms with E-state index in [2.05, 4.69) is 96.6 Å². The van der Waals surface area contributed by atoms with E-state index < -0.39 is 0 Å².